The first-order valence-corrected chi connectivity index (χ1v) is 6.87. The van der Waals surface area contributed by atoms with Crippen molar-refractivity contribution in [3.63, 3.8) is 0 Å². The van der Waals surface area contributed by atoms with E-state index in [0.717, 1.165) is 0 Å². The van der Waals surface area contributed by atoms with Crippen LogP contribution >= 0.6 is 0 Å². The molecule has 0 aromatic heterocycles. The van der Waals surface area contributed by atoms with Crippen LogP contribution in [0.1, 0.15) is 33.6 Å². The lowest BCUT2D eigenvalue weighted by molar-refractivity contribution is -0.149. The van der Waals surface area contributed by atoms with Crippen LogP contribution in [0.2, 0.25) is 0 Å². The largest absolute Gasteiger partial charge is 0.469 e. The van der Waals surface area contributed by atoms with E-state index in [2.05, 4.69) is 14.8 Å². The van der Waals surface area contributed by atoms with E-state index in [1.165, 1.54) is 14.2 Å². The van der Waals surface area contributed by atoms with Gasteiger partial charge in [-0.25, -0.2) is 4.79 Å². The second-order valence-electron chi connectivity index (χ2n) is 5.39. The van der Waals surface area contributed by atoms with Gasteiger partial charge in [-0.3, -0.25) is 9.59 Å². The van der Waals surface area contributed by atoms with Gasteiger partial charge in [0.05, 0.1) is 20.1 Å². The highest BCUT2D eigenvalue weighted by molar-refractivity contribution is 5.87. The van der Waals surface area contributed by atoms with Gasteiger partial charge in [-0.15, -0.1) is 0 Å². The van der Waals surface area contributed by atoms with Crippen molar-refractivity contribution >= 4 is 17.8 Å². The van der Waals surface area contributed by atoms with E-state index in [0.29, 0.717) is 0 Å². The first-order valence-electron chi connectivity index (χ1n) is 6.87. The molecule has 0 aliphatic heterocycles. The number of aliphatic hydroxyl groups excluding tert-OH is 1. The number of hydrogen-bond acceptors (Lipinski definition) is 6. The van der Waals surface area contributed by atoms with E-state index in [1.807, 2.05) is 13.8 Å². The Morgan fingerprint density at radius 3 is 1.95 bits per heavy atom. The Morgan fingerprint density at radius 1 is 1.00 bits per heavy atom. The van der Waals surface area contributed by atoms with E-state index in [-0.39, 0.29) is 18.8 Å². The minimum Gasteiger partial charge on any atom is -0.469 e. The third-order valence-corrected chi connectivity index (χ3v) is 2.99. The molecule has 0 aliphatic rings. The van der Waals surface area contributed by atoms with Gasteiger partial charge in [0.25, 0.3) is 0 Å². The van der Waals surface area contributed by atoms with Crippen molar-refractivity contribution in [2.45, 2.75) is 45.8 Å². The number of hydrogen-bond donors (Lipinski definition) is 2. The van der Waals surface area contributed by atoms with Crippen LogP contribution in [0, 0.1) is 11.8 Å². The lowest BCUT2D eigenvalue weighted by Gasteiger charge is -2.21. The first kappa shape index (κ1) is 19.4. The van der Waals surface area contributed by atoms with Crippen molar-refractivity contribution < 1.29 is 29.0 Å². The van der Waals surface area contributed by atoms with E-state index in [9.17, 15) is 19.5 Å². The Morgan fingerprint density at radius 2 is 1.52 bits per heavy atom. The molecule has 0 heterocycles. The second kappa shape index (κ2) is 9.33. The molecular weight excluding hydrogens is 278 g/mol. The van der Waals surface area contributed by atoms with E-state index in [1.54, 1.807) is 6.92 Å². The van der Waals surface area contributed by atoms with Gasteiger partial charge in [-0.2, -0.15) is 0 Å². The maximum absolute atomic E-state index is 11.8. The minimum absolute atomic E-state index is 0.0412. The molecule has 0 aromatic carbocycles. The number of esters is 2. The molecule has 2 N–H and O–H groups in total. The molecule has 0 unspecified atom stereocenters. The molecule has 21 heavy (non-hydrogen) atoms. The predicted molar refractivity (Wildman–Crippen MR) is 75.2 cm³/mol. The Hall–Kier alpha value is -1.63. The quantitative estimate of drug-likeness (QED) is 0.623. The summed E-state index contributed by atoms with van der Waals surface area (Å²) in [7, 11) is 2.44. The molecule has 7 heteroatoms. The zero-order valence-corrected chi connectivity index (χ0v) is 13.2. The van der Waals surface area contributed by atoms with E-state index < -0.39 is 35.9 Å². The highest BCUT2D eigenvalue weighted by atomic mass is 16.5. The highest BCUT2D eigenvalue weighted by Crippen LogP contribution is 2.11. The van der Waals surface area contributed by atoms with Gasteiger partial charge >= 0.3 is 11.9 Å². The summed E-state index contributed by atoms with van der Waals surface area (Å²) in [6.45, 7) is 5.32. The third-order valence-electron chi connectivity index (χ3n) is 2.99. The molecule has 0 spiro atoms. The topological polar surface area (TPSA) is 102 Å². The van der Waals surface area contributed by atoms with Crippen molar-refractivity contribution in [3.8, 4) is 0 Å². The molecule has 0 saturated heterocycles. The predicted octanol–water partition coefficient (Wildman–Crippen LogP) is 0.250. The Balaban J connectivity index is 4.74. The molecule has 0 saturated carbocycles. The van der Waals surface area contributed by atoms with Gasteiger partial charge in [0.2, 0.25) is 5.91 Å². The molecule has 0 aliphatic carbocycles. The summed E-state index contributed by atoms with van der Waals surface area (Å²) < 4.78 is 9.18. The lowest BCUT2D eigenvalue weighted by Crippen LogP contribution is -2.47. The zero-order chi connectivity index (χ0) is 16.6. The van der Waals surface area contributed by atoms with Gasteiger partial charge in [-0.1, -0.05) is 20.8 Å². The van der Waals surface area contributed by atoms with Crippen LogP contribution in [-0.2, 0) is 23.9 Å². The standard InChI is InChI=1S/C14H25NO6/c1-8(2)6-11(16)12(17)15-10(14(19)21-5)7-9(3)13(18)20-4/h8-11,16H,6-7H2,1-5H3,(H,15,17)/t9-,10-,11-/m0/s1. The molecule has 0 rings (SSSR count). The summed E-state index contributed by atoms with van der Waals surface area (Å²) in [6, 6.07) is -1.00. The van der Waals surface area contributed by atoms with Crippen molar-refractivity contribution in [1.29, 1.82) is 0 Å². The number of carbonyl (C=O) groups excluding carboxylic acids is 3. The average Bonchev–Trinajstić information content (AvgIpc) is 2.43. The molecule has 7 nitrogen and oxygen atoms in total. The number of rotatable bonds is 8. The van der Waals surface area contributed by atoms with Crippen LogP contribution < -0.4 is 5.32 Å². The Kier molecular flexibility index (Phi) is 8.61. The monoisotopic (exact) mass is 303 g/mol. The van der Waals surface area contributed by atoms with Gasteiger partial charge in [0.15, 0.2) is 0 Å². The fourth-order valence-corrected chi connectivity index (χ4v) is 1.83. The number of ether oxygens (including phenoxy) is 2. The van der Waals surface area contributed by atoms with Crippen molar-refractivity contribution in [3.05, 3.63) is 0 Å². The van der Waals surface area contributed by atoms with Gasteiger partial charge in [0, 0.05) is 0 Å². The van der Waals surface area contributed by atoms with Crippen LogP contribution in [0.25, 0.3) is 0 Å². The number of methoxy groups -OCH3 is 2. The number of carbonyl (C=O) groups is 3. The van der Waals surface area contributed by atoms with Crippen molar-refractivity contribution in [2.24, 2.45) is 11.8 Å². The summed E-state index contributed by atoms with van der Waals surface area (Å²) in [5.41, 5.74) is 0. The van der Waals surface area contributed by atoms with Crippen molar-refractivity contribution in [2.75, 3.05) is 14.2 Å². The van der Waals surface area contributed by atoms with Crippen LogP contribution in [0.3, 0.4) is 0 Å². The van der Waals surface area contributed by atoms with Gasteiger partial charge in [0.1, 0.15) is 12.1 Å². The number of aliphatic hydroxyl groups is 1. The van der Waals surface area contributed by atoms with E-state index >= 15 is 0 Å². The Labute approximate surface area is 125 Å². The molecule has 3 atom stereocenters. The summed E-state index contributed by atoms with van der Waals surface area (Å²) in [6.07, 6.45) is -0.878. The van der Waals surface area contributed by atoms with Gasteiger partial charge in [-0.05, 0) is 18.8 Å². The molecule has 0 radical (unpaired) electrons. The second-order valence-corrected chi connectivity index (χ2v) is 5.39. The number of amides is 1. The van der Waals surface area contributed by atoms with Gasteiger partial charge < -0.3 is 19.9 Å². The Bertz CT molecular complexity index is 368. The maximum Gasteiger partial charge on any atom is 0.328 e. The normalized spacial score (nSPS) is 15.0. The molecule has 0 bridgehead atoms. The average molecular weight is 303 g/mol. The molecule has 0 fully saturated rings. The smallest absolute Gasteiger partial charge is 0.328 e. The van der Waals surface area contributed by atoms with Crippen LogP contribution in [0.15, 0.2) is 0 Å². The lowest BCUT2D eigenvalue weighted by atomic mass is 10.0. The molecule has 122 valence electrons. The summed E-state index contributed by atoms with van der Waals surface area (Å²) >= 11 is 0. The fraction of sp³-hybridized carbons (Fsp3) is 0.786. The summed E-state index contributed by atoms with van der Waals surface area (Å²) in [4.78, 5) is 34.9. The summed E-state index contributed by atoms with van der Waals surface area (Å²) in [5.74, 6) is -2.26. The fourth-order valence-electron chi connectivity index (χ4n) is 1.83. The molecule has 1 amide bonds. The zero-order valence-electron chi connectivity index (χ0n) is 13.2. The SMILES string of the molecule is COC(=O)[C@H](C[C@H](C)C(=O)OC)NC(=O)[C@@H](O)CC(C)C. The van der Waals surface area contributed by atoms with Crippen LogP contribution in [-0.4, -0.2) is 49.3 Å². The number of nitrogens with one attached hydrogen (secondary N) is 1. The molecule has 0 aromatic rings. The highest BCUT2D eigenvalue weighted by Gasteiger charge is 2.29. The van der Waals surface area contributed by atoms with Crippen molar-refractivity contribution in [1.82, 2.24) is 5.32 Å². The maximum atomic E-state index is 11.8. The van der Waals surface area contributed by atoms with E-state index in [4.69, 9.17) is 0 Å². The van der Waals surface area contributed by atoms with Crippen LogP contribution in [0.5, 0.6) is 0 Å². The third kappa shape index (κ3) is 7.08. The first-order chi connectivity index (χ1) is 9.72. The minimum atomic E-state index is -1.20. The molecular formula is C14H25NO6. The summed E-state index contributed by atoms with van der Waals surface area (Å²) in [5, 5.41) is 12.1. The van der Waals surface area contributed by atoms with Crippen LogP contribution in [0.4, 0.5) is 0 Å².